The number of aromatic nitrogens is 1. The maximum Gasteiger partial charge on any atom is 0.265 e. The zero-order chi connectivity index (χ0) is 14.7. The van der Waals surface area contributed by atoms with Gasteiger partial charge < -0.3 is 16.0 Å². The zero-order valence-corrected chi connectivity index (χ0v) is 12.6. The smallest absolute Gasteiger partial charge is 0.265 e. The monoisotopic (exact) mass is 296 g/mol. The fraction of sp³-hybridized carbons (Fsp3) is 0.615. The first-order chi connectivity index (χ1) is 9.52. The van der Waals surface area contributed by atoms with E-state index in [9.17, 15) is 9.59 Å². The summed E-state index contributed by atoms with van der Waals surface area (Å²) in [6.07, 6.45) is 1.43. The molecule has 2 rings (SSSR count). The first-order valence-corrected chi connectivity index (χ1v) is 7.64. The SMILES string of the molecule is CCNC(=O)C1CCN(C(=O)c2sc(N)nc2C)CC1. The molecule has 0 aromatic carbocycles. The standard InChI is InChI=1S/C13H20N4O2S/c1-3-15-11(18)9-4-6-17(7-5-9)12(19)10-8(2)16-13(14)20-10/h9H,3-7H2,1-2H3,(H2,14,16)(H,15,18). The fourth-order valence-electron chi connectivity index (χ4n) is 2.42. The molecule has 7 heteroatoms. The Morgan fingerprint density at radius 3 is 2.60 bits per heavy atom. The Balaban J connectivity index is 1.95. The molecule has 1 saturated heterocycles. The highest BCUT2D eigenvalue weighted by Gasteiger charge is 2.29. The van der Waals surface area contributed by atoms with E-state index in [0.717, 1.165) is 0 Å². The molecule has 0 bridgehead atoms. The van der Waals surface area contributed by atoms with Crippen molar-refractivity contribution in [2.24, 2.45) is 5.92 Å². The molecule has 1 aliphatic rings. The van der Waals surface area contributed by atoms with Gasteiger partial charge in [0.25, 0.3) is 5.91 Å². The molecule has 20 heavy (non-hydrogen) atoms. The molecular weight excluding hydrogens is 276 g/mol. The highest BCUT2D eigenvalue weighted by molar-refractivity contribution is 7.17. The number of hydrogen-bond donors (Lipinski definition) is 2. The Labute approximate surface area is 122 Å². The predicted molar refractivity (Wildman–Crippen MR) is 78.6 cm³/mol. The van der Waals surface area contributed by atoms with Crippen molar-refractivity contribution in [2.45, 2.75) is 26.7 Å². The van der Waals surface area contributed by atoms with Crippen LogP contribution in [0.3, 0.4) is 0 Å². The van der Waals surface area contributed by atoms with Crippen molar-refractivity contribution in [1.29, 1.82) is 0 Å². The molecule has 0 atom stereocenters. The van der Waals surface area contributed by atoms with Gasteiger partial charge in [-0.3, -0.25) is 9.59 Å². The molecule has 0 radical (unpaired) electrons. The first kappa shape index (κ1) is 14.8. The van der Waals surface area contributed by atoms with E-state index in [1.54, 1.807) is 11.8 Å². The summed E-state index contributed by atoms with van der Waals surface area (Å²) < 4.78 is 0. The van der Waals surface area contributed by atoms with Gasteiger partial charge in [0.05, 0.1) is 5.69 Å². The van der Waals surface area contributed by atoms with Gasteiger partial charge in [0.2, 0.25) is 5.91 Å². The number of nitrogens with two attached hydrogens (primary N) is 1. The predicted octanol–water partition coefficient (Wildman–Crippen LogP) is 1.02. The third kappa shape index (κ3) is 3.09. The number of nitrogens with one attached hydrogen (secondary N) is 1. The van der Waals surface area contributed by atoms with Gasteiger partial charge >= 0.3 is 0 Å². The summed E-state index contributed by atoms with van der Waals surface area (Å²) >= 11 is 1.23. The molecule has 1 aromatic heterocycles. The minimum absolute atomic E-state index is 0.0200. The van der Waals surface area contributed by atoms with E-state index in [2.05, 4.69) is 10.3 Å². The van der Waals surface area contributed by atoms with E-state index >= 15 is 0 Å². The minimum Gasteiger partial charge on any atom is -0.375 e. The van der Waals surface area contributed by atoms with Crippen LogP contribution in [-0.2, 0) is 4.79 Å². The van der Waals surface area contributed by atoms with Crippen LogP contribution in [0.5, 0.6) is 0 Å². The number of likely N-dealkylation sites (tertiary alicyclic amines) is 1. The second-order valence-electron chi connectivity index (χ2n) is 4.93. The topological polar surface area (TPSA) is 88.3 Å². The number of piperidine rings is 1. The normalized spacial score (nSPS) is 16.2. The number of nitrogen functional groups attached to an aromatic ring is 1. The summed E-state index contributed by atoms with van der Waals surface area (Å²) in [6, 6.07) is 0. The van der Waals surface area contributed by atoms with Crippen LogP contribution in [-0.4, -0.2) is 41.3 Å². The number of thiazole rings is 1. The zero-order valence-electron chi connectivity index (χ0n) is 11.8. The third-order valence-corrected chi connectivity index (χ3v) is 4.49. The van der Waals surface area contributed by atoms with Crippen molar-refractivity contribution in [3.05, 3.63) is 10.6 Å². The second-order valence-corrected chi connectivity index (χ2v) is 5.96. The lowest BCUT2D eigenvalue weighted by Gasteiger charge is -2.31. The van der Waals surface area contributed by atoms with E-state index in [-0.39, 0.29) is 17.7 Å². The maximum absolute atomic E-state index is 12.4. The number of amides is 2. The Morgan fingerprint density at radius 2 is 2.10 bits per heavy atom. The van der Waals surface area contributed by atoms with Gasteiger partial charge in [-0.25, -0.2) is 4.98 Å². The third-order valence-electron chi connectivity index (χ3n) is 3.51. The second kappa shape index (κ2) is 6.21. The summed E-state index contributed by atoms with van der Waals surface area (Å²) in [7, 11) is 0. The molecule has 2 amide bonds. The minimum atomic E-state index is -0.0222. The maximum atomic E-state index is 12.4. The van der Waals surface area contributed by atoms with Crippen LogP contribution in [0.2, 0.25) is 0 Å². The molecule has 1 aromatic rings. The van der Waals surface area contributed by atoms with E-state index < -0.39 is 0 Å². The van der Waals surface area contributed by atoms with Gasteiger partial charge in [-0.1, -0.05) is 11.3 Å². The Kier molecular flexibility index (Phi) is 4.59. The number of aryl methyl sites for hydroxylation is 1. The van der Waals surface area contributed by atoms with Crippen molar-refractivity contribution >= 4 is 28.3 Å². The molecule has 6 nitrogen and oxygen atoms in total. The summed E-state index contributed by atoms with van der Waals surface area (Å²) in [4.78, 5) is 30.6. The van der Waals surface area contributed by atoms with Crippen LogP contribution >= 0.6 is 11.3 Å². The van der Waals surface area contributed by atoms with Gasteiger partial charge in [-0.15, -0.1) is 0 Å². The van der Waals surface area contributed by atoms with Crippen molar-refractivity contribution < 1.29 is 9.59 Å². The lowest BCUT2D eigenvalue weighted by Crippen LogP contribution is -2.43. The Morgan fingerprint density at radius 1 is 1.45 bits per heavy atom. The number of hydrogen-bond acceptors (Lipinski definition) is 5. The number of carbonyl (C=O) groups excluding carboxylic acids is 2. The number of nitrogens with zero attached hydrogens (tertiary/aromatic N) is 2. The number of carbonyl (C=O) groups is 2. The van der Waals surface area contributed by atoms with E-state index in [1.807, 2.05) is 6.92 Å². The van der Waals surface area contributed by atoms with E-state index in [1.165, 1.54) is 11.3 Å². The summed E-state index contributed by atoms with van der Waals surface area (Å²) in [5.74, 6) is 0.0930. The summed E-state index contributed by atoms with van der Waals surface area (Å²) in [5, 5.41) is 3.26. The molecule has 3 N–H and O–H groups in total. The molecular formula is C13H20N4O2S. The van der Waals surface area contributed by atoms with Crippen LogP contribution in [0.15, 0.2) is 0 Å². The van der Waals surface area contributed by atoms with Gasteiger partial charge in [0.15, 0.2) is 5.13 Å². The number of rotatable bonds is 3. The molecule has 0 spiro atoms. The van der Waals surface area contributed by atoms with Gasteiger partial charge in [0, 0.05) is 25.6 Å². The molecule has 0 unspecified atom stereocenters. The fourth-order valence-corrected chi connectivity index (χ4v) is 3.22. The first-order valence-electron chi connectivity index (χ1n) is 6.82. The average molecular weight is 296 g/mol. The summed E-state index contributed by atoms with van der Waals surface area (Å²) in [5.41, 5.74) is 6.31. The lowest BCUT2D eigenvalue weighted by atomic mass is 9.96. The Bertz CT molecular complexity index is 506. The lowest BCUT2D eigenvalue weighted by molar-refractivity contribution is -0.126. The van der Waals surface area contributed by atoms with Crippen LogP contribution in [0.4, 0.5) is 5.13 Å². The van der Waals surface area contributed by atoms with Gasteiger partial charge in [-0.2, -0.15) is 0 Å². The van der Waals surface area contributed by atoms with Crippen molar-refractivity contribution in [3.8, 4) is 0 Å². The molecule has 1 fully saturated rings. The van der Waals surface area contributed by atoms with Crippen molar-refractivity contribution in [1.82, 2.24) is 15.2 Å². The van der Waals surface area contributed by atoms with Crippen LogP contribution in [0, 0.1) is 12.8 Å². The van der Waals surface area contributed by atoms with Crippen LogP contribution in [0.25, 0.3) is 0 Å². The van der Waals surface area contributed by atoms with Crippen molar-refractivity contribution in [2.75, 3.05) is 25.4 Å². The molecule has 0 aliphatic carbocycles. The highest BCUT2D eigenvalue weighted by atomic mass is 32.1. The molecule has 2 heterocycles. The van der Waals surface area contributed by atoms with Crippen LogP contribution in [0.1, 0.15) is 35.1 Å². The van der Waals surface area contributed by atoms with Crippen molar-refractivity contribution in [3.63, 3.8) is 0 Å². The Hall–Kier alpha value is -1.63. The quantitative estimate of drug-likeness (QED) is 0.871. The largest absolute Gasteiger partial charge is 0.375 e. The van der Waals surface area contributed by atoms with E-state index in [4.69, 9.17) is 5.73 Å². The molecule has 1 aliphatic heterocycles. The molecule has 110 valence electrons. The van der Waals surface area contributed by atoms with Gasteiger partial charge in [0.1, 0.15) is 4.88 Å². The average Bonchev–Trinajstić information content (AvgIpc) is 2.77. The molecule has 0 saturated carbocycles. The van der Waals surface area contributed by atoms with E-state index in [0.29, 0.717) is 48.2 Å². The number of anilines is 1. The van der Waals surface area contributed by atoms with Gasteiger partial charge in [-0.05, 0) is 26.7 Å². The summed E-state index contributed by atoms with van der Waals surface area (Å²) in [6.45, 7) is 5.57. The highest BCUT2D eigenvalue weighted by Crippen LogP contribution is 2.24. The van der Waals surface area contributed by atoms with Crippen LogP contribution < -0.4 is 11.1 Å².